The standard InChI is InChI=1S/C18H12N2O2/c21-17-16-12-20(14-9-5-2-6-10-14)18(22)15(16)11-19(17)13-7-3-1-4-8-13/h1-12H. The van der Waals surface area contributed by atoms with Crippen LogP contribution in [0.3, 0.4) is 0 Å². The van der Waals surface area contributed by atoms with E-state index in [2.05, 4.69) is 0 Å². The molecule has 0 saturated heterocycles. The summed E-state index contributed by atoms with van der Waals surface area (Å²) in [4.78, 5) is 28.1. The fourth-order valence-corrected chi connectivity index (χ4v) is 2.68. The SMILES string of the molecule is O=C1C2=CN(c3ccccc3)C(=O)C2=CN1c1ccccc1. The average molecular weight is 288 g/mol. The number of amides is 2. The number of para-hydroxylation sites is 2. The van der Waals surface area contributed by atoms with E-state index < -0.39 is 0 Å². The second-order valence-electron chi connectivity index (χ2n) is 5.11. The van der Waals surface area contributed by atoms with Gasteiger partial charge in [-0.05, 0) is 24.3 Å². The van der Waals surface area contributed by atoms with Crippen LogP contribution in [0.15, 0.2) is 84.2 Å². The van der Waals surface area contributed by atoms with E-state index in [1.165, 1.54) is 9.80 Å². The summed E-state index contributed by atoms with van der Waals surface area (Å²) in [7, 11) is 0. The fourth-order valence-electron chi connectivity index (χ4n) is 2.68. The second kappa shape index (κ2) is 4.70. The van der Waals surface area contributed by atoms with Crippen LogP contribution in [0.1, 0.15) is 0 Å². The number of carbonyl (C=O) groups excluding carboxylic acids is 2. The van der Waals surface area contributed by atoms with Crippen molar-refractivity contribution in [1.29, 1.82) is 0 Å². The van der Waals surface area contributed by atoms with Crippen LogP contribution in [0.2, 0.25) is 0 Å². The van der Waals surface area contributed by atoms with Gasteiger partial charge < -0.3 is 0 Å². The van der Waals surface area contributed by atoms with Gasteiger partial charge in [-0.1, -0.05) is 36.4 Å². The molecule has 2 heterocycles. The first-order chi connectivity index (χ1) is 10.8. The molecule has 0 unspecified atom stereocenters. The highest BCUT2D eigenvalue weighted by Crippen LogP contribution is 2.35. The molecule has 22 heavy (non-hydrogen) atoms. The molecular weight excluding hydrogens is 276 g/mol. The van der Waals surface area contributed by atoms with Crippen molar-refractivity contribution in [3.05, 3.63) is 84.2 Å². The van der Waals surface area contributed by atoms with Crippen LogP contribution in [-0.2, 0) is 9.59 Å². The molecule has 4 nitrogen and oxygen atoms in total. The van der Waals surface area contributed by atoms with Crippen molar-refractivity contribution in [1.82, 2.24) is 0 Å². The lowest BCUT2D eigenvalue weighted by molar-refractivity contribution is -0.115. The molecule has 0 bridgehead atoms. The predicted molar refractivity (Wildman–Crippen MR) is 84.0 cm³/mol. The number of fused-ring (bicyclic) bond motifs is 1. The zero-order valence-corrected chi connectivity index (χ0v) is 11.6. The summed E-state index contributed by atoms with van der Waals surface area (Å²) in [5.74, 6) is -0.346. The molecule has 2 aromatic rings. The van der Waals surface area contributed by atoms with Crippen LogP contribution in [0.4, 0.5) is 11.4 Å². The second-order valence-corrected chi connectivity index (χ2v) is 5.11. The van der Waals surface area contributed by atoms with E-state index in [0.29, 0.717) is 11.1 Å². The third-order valence-corrected chi connectivity index (χ3v) is 3.77. The van der Waals surface area contributed by atoms with E-state index in [-0.39, 0.29) is 11.8 Å². The van der Waals surface area contributed by atoms with Crippen LogP contribution in [-0.4, -0.2) is 11.8 Å². The van der Waals surface area contributed by atoms with Crippen molar-refractivity contribution in [2.24, 2.45) is 0 Å². The molecule has 4 rings (SSSR count). The Labute approximate surface area is 127 Å². The summed E-state index contributed by atoms with van der Waals surface area (Å²) in [6.45, 7) is 0. The molecule has 0 N–H and O–H groups in total. The zero-order valence-electron chi connectivity index (χ0n) is 11.6. The van der Waals surface area contributed by atoms with Crippen molar-refractivity contribution in [2.45, 2.75) is 0 Å². The molecule has 2 aliphatic rings. The number of rotatable bonds is 2. The van der Waals surface area contributed by atoms with Gasteiger partial charge in [-0.15, -0.1) is 0 Å². The Morgan fingerprint density at radius 3 is 1.27 bits per heavy atom. The maximum atomic E-state index is 12.5. The molecule has 0 aliphatic carbocycles. The minimum atomic E-state index is -0.173. The zero-order chi connectivity index (χ0) is 15.1. The highest BCUT2D eigenvalue weighted by Gasteiger charge is 2.40. The van der Waals surface area contributed by atoms with Gasteiger partial charge in [0.15, 0.2) is 0 Å². The quantitative estimate of drug-likeness (QED) is 0.852. The van der Waals surface area contributed by atoms with E-state index in [1.807, 2.05) is 60.7 Å². The third kappa shape index (κ3) is 1.78. The van der Waals surface area contributed by atoms with Crippen LogP contribution in [0.5, 0.6) is 0 Å². The van der Waals surface area contributed by atoms with Gasteiger partial charge in [0, 0.05) is 23.8 Å². The van der Waals surface area contributed by atoms with Crippen molar-refractivity contribution in [3.63, 3.8) is 0 Å². The summed E-state index contributed by atoms with van der Waals surface area (Å²) < 4.78 is 0. The lowest BCUT2D eigenvalue weighted by Gasteiger charge is -2.16. The van der Waals surface area contributed by atoms with Crippen molar-refractivity contribution in [2.75, 3.05) is 9.80 Å². The van der Waals surface area contributed by atoms with Gasteiger partial charge >= 0.3 is 0 Å². The summed E-state index contributed by atoms with van der Waals surface area (Å²) >= 11 is 0. The lowest BCUT2D eigenvalue weighted by Crippen LogP contribution is -2.23. The largest absolute Gasteiger partial charge is 0.283 e. The molecule has 0 aromatic heterocycles. The molecule has 0 radical (unpaired) electrons. The molecule has 106 valence electrons. The Kier molecular flexibility index (Phi) is 2.69. The van der Waals surface area contributed by atoms with Crippen LogP contribution < -0.4 is 9.80 Å². The van der Waals surface area contributed by atoms with E-state index in [9.17, 15) is 9.59 Å². The van der Waals surface area contributed by atoms with Gasteiger partial charge in [0.2, 0.25) is 0 Å². The monoisotopic (exact) mass is 288 g/mol. The topological polar surface area (TPSA) is 40.6 Å². The van der Waals surface area contributed by atoms with Crippen molar-refractivity contribution in [3.8, 4) is 0 Å². The molecular formula is C18H12N2O2. The van der Waals surface area contributed by atoms with Gasteiger partial charge in [0.1, 0.15) is 0 Å². The average Bonchev–Trinajstić information content (AvgIpc) is 3.07. The Hall–Kier alpha value is -3.14. The molecule has 2 amide bonds. The Bertz CT molecular complexity index is 751. The predicted octanol–water partition coefficient (Wildman–Crippen LogP) is 2.85. The van der Waals surface area contributed by atoms with Gasteiger partial charge in [0.25, 0.3) is 11.8 Å². The Morgan fingerprint density at radius 2 is 0.909 bits per heavy atom. The summed E-state index contributed by atoms with van der Waals surface area (Å²) in [6.07, 6.45) is 3.24. The van der Waals surface area contributed by atoms with E-state index >= 15 is 0 Å². The van der Waals surface area contributed by atoms with Crippen LogP contribution >= 0.6 is 0 Å². The van der Waals surface area contributed by atoms with Gasteiger partial charge in [0.05, 0.1) is 11.1 Å². The molecule has 2 aromatic carbocycles. The van der Waals surface area contributed by atoms with Crippen LogP contribution in [0.25, 0.3) is 0 Å². The summed E-state index contributed by atoms with van der Waals surface area (Å²) in [5, 5.41) is 0. The third-order valence-electron chi connectivity index (χ3n) is 3.77. The lowest BCUT2D eigenvalue weighted by atomic mass is 10.2. The molecule has 0 fully saturated rings. The van der Waals surface area contributed by atoms with E-state index in [1.54, 1.807) is 12.4 Å². The smallest absolute Gasteiger partial charge is 0.264 e. The van der Waals surface area contributed by atoms with E-state index in [0.717, 1.165) is 11.4 Å². The number of benzene rings is 2. The number of nitrogens with zero attached hydrogens (tertiary/aromatic N) is 2. The van der Waals surface area contributed by atoms with Gasteiger partial charge in [-0.3, -0.25) is 19.4 Å². The minimum absolute atomic E-state index is 0.173. The van der Waals surface area contributed by atoms with E-state index in [4.69, 9.17) is 0 Å². The van der Waals surface area contributed by atoms with Crippen molar-refractivity contribution >= 4 is 23.2 Å². The number of hydrogen-bond donors (Lipinski definition) is 0. The maximum absolute atomic E-state index is 12.5. The summed E-state index contributed by atoms with van der Waals surface area (Å²) in [6, 6.07) is 18.6. The molecule has 0 atom stereocenters. The normalized spacial score (nSPS) is 16.7. The first-order valence-corrected chi connectivity index (χ1v) is 6.97. The molecule has 2 aliphatic heterocycles. The Morgan fingerprint density at radius 1 is 0.545 bits per heavy atom. The highest BCUT2D eigenvalue weighted by molar-refractivity contribution is 6.28. The first kappa shape index (κ1) is 12.6. The minimum Gasteiger partial charge on any atom is -0.283 e. The maximum Gasteiger partial charge on any atom is 0.264 e. The molecule has 0 spiro atoms. The number of hydrogen-bond acceptors (Lipinski definition) is 2. The van der Waals surface area contributed by atoms with Gasteiger partial charge in [-0.25, -0.2) is 0 Å². The molecule has 0 saturated carbocycles. The number of anilines is 2. The first-order valence-electron chi connectivity index (χ1n) is 6.97. The molecule has 4 heteroatoms. The number of carbonyl (C=O) groups is 2. The Balaban J connectivity index is 1.71. The summed E-state index contributed by atoms with van der Waals surface area (Å²) in [5.41, 5.74) is 2.40. The fraction of sp³-hybridized carbons (Fsp3) is 0. The van der Waals surface area contributed by atoms with Gasteiger partial charge in [-0.2, -0.15) is 0 Å². The van der Waals surface area contributed by atoms with Crippen molar-refractivity contribution < 1.29 is 9.59 Å². The highest BCUT2D eigenvalue weighted by atomic mass is 16.2. The van der Waals surface area contributed by atoms with Crippen LogP contribution in [0, 0.1) is 0 Å².